The molecule has 3 rings (SSSR count). The number of benzene rings is 1. The van der Waals surface area contributed by atoms with Gasteiger partial charge in [0, 0.05) is 37.8 Å². The van der Waals surface area contributed by atoms with Gasteiger partial charge in [0.1, 0.15) is 11.3 Å². The number of hydrogen-bond donors (Lipinski definition) is 1. The maximum absolute atomic E-state index is 12.6. The molecule has 2 aliphatic rings. The van der Waals surface area contributed by atoms with E-state index >= 15 is 0 Å². The lowest BCUT2D eigenvalue weighted by Crippen LogP contribution is -2.50. The predicted octanol–water partition coefficient (Wildman–Crippen LogP) is 1.46. The Morgan fingerprint density at radius 3 is 2.87 bits per heavy atom. The van der Waals surface area contributed by atoms with Crippen LogP contribution >= 0.6 is 0 Å². The van der Waals surface area contributed by atoms with Crippen LogP contribution in [0.15, 0.2) is 29.3 Å². The minimum absolute atomic E-state index is 0.00695. The Labute approximate surface area is 136 Å². The van der Waals surface area contributed by atoms with Crippen molar-refractivity contribution >= 4 is 17.6 Å². The van der Waals surface area contributed by atoms with Crippen LogP contribution in [-0.4, -0.2) is 49.6 Å². The van der Waals surface area contributed by atoms with Crippen LogP contribution in [0.2, 0.25) is 0 Å². The SMILES string of the molecule is COc1cccc(N2CCC[C@H]([C@@]3(C)N=C(N)N(C)C3=O)C2)c1. The summed E-state index contributed by atoms with van der Waals surface area (Å²) in [7, 11) is 3.36. The first-order valence-electron chi connectivity index (χ1n) is 7.98. The Morgan fingerprint density at radius 2 is 2.22 bits per heavy atom. The molecular weight excluding hydrogens is 292 g/mol. The molecule has 0 unspecified atom stereocenters. The molecule has 2 aliphatic heterocycles. The average molecular weight is 316 g/mol. The fraction of sp³-hybridized carbons (Fsp3) is 0.529. The number of rotatable bonds is 3. The minimum Gasteiger partial charge on any atom is -0.497 e. The molecule has 6 nitrogen and oxygen atoms in total. The number of ether oxygens (including phenoxy) is 1. The number of anilines is 1. The molecule has 0 radical (unpaired) electrons. The summed E-state index contributed by atoms with van der Waals surface area (Å²) in [6.07, 6.45) is 2.01. The van der Waals surface area contributed by atoms with E-state index in [1.165, 1.54) is 4.90 Å². The zero-order valence-electron chi connectivity index (χ0n) is 14.0. The van der Waals surface area contributed by atoms with Gasteiger partial charge >= 0.3 is 0 Å². The van der Waals surface area contributed by atoms with Crippen LogP contribution in [0.25, 0.3) is 0 Å². The second-order valence-corrected chi connectivity index (χ2v) is 6.47. The van der Waals surface area contributed by atoms with Gasteiger partial charge in [-0.25, -0.2) is 4.99 Å². The lowest BCUT2D eigenvalue weighted by Gasteiger charge is -2.39. The smallest absolute Gasteiger partial charge is 0.257 e. The summed E-state index contributed by atoms with van der Waals surface area (Å²) in [5.74, 6) is 1.30. The van der Waals surface area contributed by atoms with Crippen molar-refractivity contribution in [3.8, 4) is 5.75 Å². The van der Waals surface area contributed by atoms with E-state index < -0.39 is 5.54 Å². The number of aliphatic imine (C=N–C) groups is 1. The molecule has 1 amide bonds. The van der Waals surface area contributed by atoms with Crippen LogP contribution < -0.4 is 15.4 Å². The molecule has 1 aromatic rings. The van der Waals surface area contributed by atoms with Gasteiger partial charge < -0.3 is 15.4 Å². The highest BCUT2D eigenvalue weighted by molar-refractivity contribution is 6.06. The highest BCUT2D eigenvalue weighted by Gasteiger charge is 2.49. The van der Waals surface area contributed by atoms with Gasteiger partial charge in [-0.15, -0.1) is 0 Å². The highest BCUT2D eigenvalue weighted by atomic mass is 16.5. The van der Waals surface area contributed by atoms with E-state index in [0.29, 0.717) is 5.96 Å². The number of nitrogens with zero attached hydrogens (tertiary/aromatic N) is 3. The van der Waals surface area contributed by atoms with Gasteiger partial charge in [-0.05, 0) is 31.9 Å². The summed E-state index contributed by atoms with van der Waals surface area (Å²) < 4.78 is 5.31. The zero-order valence-corrected chi connectivity index (χ0v) is 14.0. The normalized spacial score (nSPS) is 28.0. The van der Waals surface area contributed by atoms with Gasteiger partial charge in [-0.1, -0.05) is 6.07 Å². The number of likely N-dealkylation sites (N-methyl/N-ethyl adjacent to an activating group) is 1. The molecule has 23 heavy (non-hydrogen) atoms. The molecule has 2 N–H and O–H groups in total. The van der Waals surface area contributed by atoms with Crippen molar-refractivity contribution in [3.05, 3.63) is 24.3 Å². The number of piperidine rings is 1. The Morgan fingerprint density at radius 1 is 1.43 bits per heavy atom. The van der Waals surface area contributed by atoms with Crippen LogP contribution in [0.3, 0.4) is 0 Å². The summed E-state index contributed by atoms with van der Waals surface area (Å²) in [5, 5.41) is 0. The van der Waals surface area contributed by atoms with Crippen LogP contribution in [0.1, 0.15) is 19.8 Å². The summed E-state index contributed by atoms with van der Waals surface area (Å²) in [6.45, 7) is 3.68. The fourth-order valence-corrected chi connectivity index (χ4v) is 3.55. The summed E-state index contributed by atoms with van der Waals surface area (Å²) in [4.78, 5) is 20.8. The number of carbonyl (C=O) groups is 1. The van der Waals surface area contributed by atoms with Gasteiger partial charge in [-0.3, -0.25) is 9.69 Å². The van der Waals surface area contributed by atoms with Crippen LogP contribution in [-0.2, 0) is 4.79 Å². The molecule has 1 saturated heterocycles. The third-order valence-corrected chi connectivity index (χ3v) is 5.06. The monoisotopic (exact) mass is 316 g/mol. The van der Waals surface area contributed by atoms with Crippen molar-refractivity contribution in [1.29, 1.82) is 0 Å². The Kier molecular flexibility index (Phi) is 3.92. The number of hydrogen-bond acceptors (Lipinski definition) is 5. The zero-order chi connectivity index (χ0) is 16.6. The number of guanidine groups is 1. The topological polar surface area (TPSA) is 71.2 Å². The van der Waals surface area contributed by atoms with E-state index in [1.807, 2.05) is 25.1 Å². The molecular formula is C17H24N4O2. The van der Waals surface area contributed by atoms with Crippen molar-refractivity contribution in [1.82, 2.24) is 4.90 Å². The third kappa shape index (κ3) is 2.62. The average Bonchev–Trinajstić information content (AvgIpc) is 2.79. The van der Waals surface area contributed by atoms with Gasteiger partial charge in [0.25, 0.3) is 5.91 Å². The van der Waals surface area contributed by atoms with E-state index in [4.69, 9.17) is 10.5 Å². The summed E-state index contributed by atoms with van der Waals surface area (Å²) in [5.41, 5.74) is 6.22. The van der Waals surface area contributed by atoms with Crippen molar-refractivity contribution in [3.63, 3.8) is 0 Å². The fourth-order valence-electron chi connectivity index (χ4n) is 3.55. The van der Waals surface area contributed by atoms with Crippen LogP contribution in [0, 0.1) is 5.92 Å². The first-order chi connectivity index (χ1) is 11.0. The molecule has 1 fully saturated rings. The third-order valence-electron chi connectivity index (χ3n) is 5.06. The predicted molar refractivity (Wildman–Crippen MR) is 90.7 cm³/mol. The van der Waals surface area contributed by atoms with Gasteiger partial charge in [0.15, 0.2) is 5.96 Å². The molecule has 1 aromatic carbocycles. The van der Waals surface area contributed by atoms with Crippen molar-refractivity contribution in [2.24, 2.45) is 16.6 Å². The largest absolute Gasteiger partial charge is 0.497 e. The standard InChI is InChI=1S/C17H24N4O2/c1-17(15(22)20(2)16(18)19-17)12-6-5-9-21(11-12)13-7-4-8-14(10-13)23-3/h4,7-8,10,12H,5-6,9,11H2,1-3H3,(H2,18,19)/t12-,17+/m0/s1. The second kappa shape index (κ2) is 5.76. The maximum atomic E-state index is 12.6. The molecule has 2 atom stereocenters. The molecule has 124 valence electrons. The van der Waals surface area contributed by atoms with Crippen molar-refractivity contribution in [2.75, 3.05) is 32.1 Å². The number of nitrogens with two attached hydrogens (primary N) is 1. The summed E-state index contributed by atoms with van der Waals surface area (Å²) >= 11 is 0. The molecule has 0 aliphatic carbocycles. The maximum Gasteiger partial charge on any atom is 0.257 e. The molecule has 0 saturated carbocycles. The molecule has 0 aromatic heterocycles. The first-order valence-corrected chi connectivity index (χ1v) is 7.98. The van der Waals surface area contributed by atoms with Crippen molar-refractivity contribution in [2.45, 2.75) is 25.3 Å². The Bertz CT molecular complexity index is 645. The lowest BCUT2D eigenvalue weighted by molar-refractivity contribution is -0.131. The number of amides is 1. The van der Waals surface area contributed by atoms with E-state index in [-0.39, 0.29) is 11.8 Å². The second-order valence-electron chi connectivity index (χ2n) is 6.47. The molecule has 0 bridgehead atoms. The van der Waals surface area contributed by atoms with Crippen molar-refractivity contribution < 1.29 is 9.53 Å². The van der Waals surface area contributed by atoms with Crippen LogP contribution in [0.5, 0.6) is 5.75 Å². The first kappa shape index (κ1) is 15.6. The minimum atomic E-state index is -0.754. The van der Waals surface area contributed by atoms with Gasteiger partial charge in [0.2, 0.25) is 0 Å². The summed E-state index contributed by atoms with van der Waals surface area (Å²) in [6, 6.07) is 8.04. The highest BCUT2D eigenvalue weighted by Crippen LogP contribution is 2.36. The Balaban J connectivity index is 1.82. The lowest BCUT2D eigenvalue weighted by atomic mass is 9.80. The molecule has 0 spiro atoms. The molecule has 6 heteroatoms. The van der Waals surface area contributed by atoms with E-state index in [9.17, 15) is 4.79 Å². The molecule has 2 heterocycles. The van der Waals surface area contributed by atoms with E-state index in [1.54, 1.807) is 14.2 Å². The van der Waals surface area contributed by atoms with Gasteiger partial charge in [0.05, 0.1) is 7.11 Å². The Hall–Kier alpha value is -2.24. The van der Waals surface area contributed by atoms with Crippen LogP contribution in [0.4, 0.5) is 5.69 Å². The number of carbonyl (C=O) groups excluding carboxylic acids is 1. The van der Waals surface area contributed by atoms with Gasteiger partial charge in [-0.2, -0.15) is 0 Å². The number of methoxy groups -OCH3 is 1. The van der Waals surface area contributed by atoms with E-state index in [0.717, 1.165) is 37.4 Å². The quantitative estimate of drug-likeness (QED) is 0.916. The van der Waals surface area contributed by atoms with E-state index in [2.05, 4.69) is 16.0 Å².